The van der Waals surface area contributed by atoms with E-state index in [0.29, 0.717) is 0 Å². The lowest BCUT2D eigenvalue weighted by Crippen LogP contribution is -2.66. The van der Waals surface area contributed by atoms with E-state index >= 15 is 0 Å². The van der Waals surface area contributed by atoms with E-state index in [4.69, 9.17) is 56.8 Å². The smallest absolute Gasteiger partial charge is 0.187 e. The Kier molecular flexibility index (Phi) is 17.4. The van der Waals surface area contributed by atoms with E-state index in [9.17, 15) is 86.8 Å². The van der Waals surface area contributed by atoms with Gasteiger partial charge in [0, 0.05) is 0 Å². The van der Waals surface area contributed by atoms with Crippen molar-refractivity contribution in [3.63, 3.8) is 0 Å². The first-order valence-corrected chi connectivity index (χ1v) is 21.0. The Hall–Kier alpha value is -1.16. The first-order valence-electron chi connectivity index (χ1n) is 21.0. The summed E-state index contributed by atoms with van der Waals surface area (Å²) in [4.78, 5) is 0. The van der Waals surface area contributed by atoms with E-state index in [1.54, 1.807) is 0 Å². The minimum Gasteiger partial charge on any atom is -0.394 e. The molecular weight excluding hydrogens is 896 g/mol. The molecule has 29 nitrogen and oxygen atoms in total. The minimum atomic E-state index is -2.05. The molecule has 7 saturated heterocycles. The Labute approximate surface area is 367 Å². The summed E-state index contributed by atoms with van der Waals surface area (Å²) < 4.78 is 68.5. The molecule has 0 radical (unpaired) electrons. The van der Waals surface area contributed by atoms with Crippen LogP contribution in [0.3, 0.4) is 0 Å². The first-order chi connectivity index (χ1) is 31.0. The zero-order valence-electron chi connectivity index (χ0n) is 34.2. The Bertz CT molecular complexity index is 1480. The van der Waals surface area contributed by atoms with Crippen molar-refractivity contribution in [3.05, 3.63) is 0 Å². The molecule has 29 atom stereocenters. The SMILES string of the molecule is OC[C@@H](O)[C@@H](O[C@H]1O[C@H](CO)[C@@H](O[C@H]2O[C@@H]3CO[C@H]([C@H]2O)[C@@H]3O[C@H]2O[C@H](CO)[C@@H](O[C@H]3O[C@@H]4CO[C@H]([C@H]3O)[C@@H]4O[C@H]3O[C@H](CO)[C@@H](O)[C@H](O)[C@H]3O)[C@H](O)[C@H]2O)[C@H](O)[C@H]1O)[C@H](O)[C@@H](O)CO. The van der Waals surface area contributed by atoms with Crippen molar-refractivity contribution in [2.24, 2.45) is 0 Å². The van der Waals surface area contributed by atoms with Crippen molar-refractivity contribution in [2.45, 2.75) is 178 Å². The van der Waals surface area contributed by atoms with E-state index in [1.165, 1.54) is 0 Å². The van der Waals surface area contributed by atoms with Crippen LogP contribution < -0.4 is 0 Å². The molecule has 7 fully saturated rings. The molecule has 7 rings (SSSR count). The molecule has 0 saturated carbocycles. The molecule has 0 aliphatic carbocycles. The Balaban J connectivity index is 0.941. The Morgan fingerprint density at radius 3 is 1.23 bits per heavy atom. The summed E-state index contributed by atoms with van der Waals surface area (Å²) in [5.74, 6) is 0. The third-order valence-corrected chi connectivity index (χ3v) is 12.6. The van der Waals surface area contributed by atoms with E-state index in [0.717, 1.165) is 0 Å². The van der Waals surface area contributed by atoms with Crippen molar-refractivity contribution in [3.8, 4) is 0 Å². The molecule has 0 spiro atoms. The molecular formula is C36H60O29. The third kappa shape index (κ3) is 10.2. The lowest BCUT2D eigenvalue weighted by molar-refractivity contribution is -0.378. The van der Waals surface area contributed by atoms with Gasteiger partial charge < -0.3 is 144 Å². The second kappa shape index (κ2) is 21.9. The molecule has 17 N–H and O–H groups in total. The van der Waals surface area contributed by atoms with Gasteiger partial charge in [0.05, 0.1) is 46.2 Å². The molecule has 4 bridgehead atoms. The van der Waals surface area contributed by atoms with Gasteiger partial charge in [0.25, 0.3) is 0 Å². The number of rotatable bonds is 18. The maximum atomic E-state index is 11.3. The van der Waals surface area contributed by atoms with Crippen molar-refractivity contribution >= 4 is 0 Å². The number of ether oxygens (including phenoxy) is 12. The van der Waals surface area contributed by atoms with Crippen molar-refractivity contribution in [2.75, 3.05) is 46.2 Å². The molecule has 7 aliphatic heterocycles. The fraction of sp³-hybridized carbons (Fsp3) is 1.00. The molecule has 7 heterocycles. The summed E-state index contributed by atoms with van der Waals surface area (Å²) in [6.45, 7) is -4.86. The maximum Gasteiger partial charge on any atom is 0.187 e. The largest absolute Gasteiger partial charge is 0.394 e. The zero-order valence-corrected chi connectivity index (χ0v) is 34.2. The van der Waals surface area contributed by atoms with Crippen LogP contribution in [0.5, 0.6) is 0 Å². The minimum absolute atomic E-state index is 0.168. The van der Waals surface area contributed by atoms with E-state index in [2.05, 4.69) is 0 Å². The quantitative estimate of drug-likeness (QED) is 0.0606. The molecule has 0 aromatic heterocycles. The van der Waals surface area contributed by atoms with E-state index in [1.807, 2.05) is 0 Å². The molecule has 29 heteroatoms. The number of hydrogen-bond donors (Lipinski definition) is 17. The normalized spacial score (nSPS) is 50.8. The van der Waals surface area contributed by atoms with Crippen LogP contribution in [0.15, 0.2) is 0 Å². The van der Waals surface area contributed by atoms with Crippen molar-refractivity contribution < 1.29 is 144 Å². The summed E-state index contributed by atoms with van der Waals surface area (Å²) in [6, 6.07) is 0. The van der Waals surface area contributed by atoms with Crippen LogP contribution in [0, 0.1) is 0 Å². The predicted molar refractivity (Wildman–Crippen MR) is 195 cm³/mol. The number of aliphatic hydroxyl groups excluding tert-OH is 17. The lowest BCUT2D eigenvalue weighted by atomic mass is 9.96. The van der Waals surface area contributed by atoms with Gasteiger partial charge in [-0.2, -0.15) is 0 Å². The summed E-state index contributed by atoms with van der Waals surface area (Å²) in [5, 5.41) is 177. The molecule has 65 heavy (non-hydrogen) atoms. The first kappa shape index (κ1) is 51.7. The Morgan fingerprint density at radius 1 is 0.400 bits per heavy atom. The summed E-state index contributed by atoms with van der Waals surface area (Å²) >= 11 is 0. The highest BCUT2D eigenvalue weighted by Gasteiger charge is 2.60. The summed E-state index contributed by atoms with van der Waals surface area (Å²) in [5.41, 5.74) is 0. The second-order valence-electron chi connectivity index (χ2n) is 16.8. The maximum absolute atomic E-state index is 11.3. The van der Waals surface area contributed by atoms with Crippen molar-refractivity contribution in [1.29, 1.82) is 0 Å². The van der Waals surface area contributed by atoms with Crippen LogP contribution in [0.1, 0.15) is 0 Å². The van der Waals surface area contributed by atoms with Crippen LogP contribution in [-0.2, 0) is 56.8 Å². The van der Waals surface area contributed by atoms with Crippen LogP contribution in [0.2, 0.25) is 0 Å². The molecule has 0 unspecified atom stereocenters. The monoisotopic (exact) mass is 956 g/mol. The van der Waals surface area contributed by atoms with Gasteiger partial charge in [0.1, 0.15) is 146 Å². The van der Waals surface area contributed by atoms with Gasteiger partial charge in [-0.15, -0.1) is 0 Å². The van der Waals surface area contributed by atoms with Gasteiger partial charge in [-0.3, -0.25) is 0 Å². The number of aliphatic hydroxyl groups is 17. The average molecular weight is 957 g/mol. The van der Waals surface area contributed by atoms with Crippen LogP contribution in [-0.4, -0.2) is 311 Å². The van der Waals surface area contributed by atoms with Gasteiger partial charge >= 0.3 is 0 Å². The molecule has 7 aliphatic rings. The highest BCUT2D eigenvalue weighted by molar-refractivity contribution is 5.02. The lowest BCUT2D eigenvalue weighted by Gasteiger charge is -2.48. The summed E-state index contributed by atoms with van der Waals surface area (Å²) in [7, 11) is 0. The van der Waals surface area contributed by atoms with Gasteiger partial charge in [0.2, 0.25) is 0 Å². The van der Waals surface area contributed by atoms with Crippen LogP contribution in [0.4, 0.5) is 0 Å². The van der Waals surface area contributed by atoms with Crippen molar-refractivity contribution in [1.82, 2.24) is 0 Å². The zero-order chi connectivity index (χ0) is 47.2. The van der Waals surface area contributed by atoms with Gasteiger partial charge in [0.15, 0.2) is 31.5 Å². The van der Waals surface area contributed by atoms with Gasteiger partial charge in [-0.1, -0.05) is 0 Å². The predicted octanol–water partition coefficient (Wildman–Crippen LogP) is -12.4. The Morgan fingerprint density at radius 2 is 0.785 bits per heavy atom. The van der Waals surface area contributed by atoms with Gasteiger partial charge in [-0.05, 0) is 0 Å². The second-order valence-corrected chi connectivity index (χ2v) is 16.8. The van der Waals surface area contributed by atoms with Crippen LogP contribution in [0.25, 0.3) is 0 Å². The molecule has 0 aromatic rings. The number of fused-ring (bicyclic) bond motifs is 4. The molecule has 0 amide bonds. The third-order valence-electron chi connectivity index (χ3n) is 12.6. The fourth-order valence-electron chi connectivity index (χ4n) is 8.85. The number of hydrogen-bond acceptors (Lipinski definition) is 29. The van der Waals surface area contributed by atoms with Gasteiger partial charge in [-0.25, -0.2) is 0 Å². The highest BCUT2D eigenvalue weighted by atomic mass is 16.8. The average Bonchev–Trinajstić information content (AvgIpc) is 3.79. The van der Waals surface area contributed by atoms with E-state index < -0.39 is 211 Å². The fourth-order valence-corrected chi connectivity index (χ4v) is 8.85. The molecule has 0 aromatic carbocycles. The summed E-state index contributed by atoms with van der Waals surface area (Å²) in [6.07, 6.45) is -47.0. The standard InChI is InChI=1S/C36H60O29/c37-1-8(42)15(44)25(9(43)2-38)61-33-21(50)18(47)26(11(4-40)57-33)62-36-24(53)31-29(14(60-36)7-55-31)65-34-22(51)19(48)27(12(5-41)58-34)63-35-23(52)30-28(13(59-35)6-54-30)64-32-20(49)17(46)16(45)10(3-39)56-32/h8-53H,1-7H2/t8-,9+,10+,11+,12+,13+,14+,15+,16+,17-,18+,19+,20+,21+,22+,23+,24+,25+,26+,27+,28+,29+,30+,31+,32+,33+,34+,35+,36+/m0/s1. The highest BCUT2D eigenvalue weighted by Crippen LogP contribution is 2.40. The topological polar surface area (TPSA) is 455 Å². The molecule has 378 valence electrons. The van der Waals surface area contributed by atoms with Crippen LogP contribution >= 0.6 is 0 Å². The van der Waals surface area contributed by atoms with E-state index in [-0.39, 0.29) is 13.2 Å².